The molecule has 4 unspecified atom stereocenters. The van der Waals surface area contributed by atoms with E-state index in [1.807, 2.05) is 30.3 Å². The predicted octanol–water partition coefficient (Wildman–Crippen LogP) is -0.0382. The van der Waals surface area contributed by atoms with Crippen molar-refractivity contribution in [2.24, 2.45) is 0 Å². The molecule has 0 radical (unpaired) electrons. The fraction of sp³-hybridized carbons (Fsp3) is 0.389. The molecule has 0 bridgehead atoms. The first kappa shape index (κ1) is 18.6. The molecule has 1 aliphatic rings. The Hall–Kier alpha value is -2.79. The lowest BCUT2D eigenvalue weighted by Gasteiger charge is -2.16. The number of nitrogens with zero attached hydrogens (tertiary/aromatic N) is 4. The van der Waals surface area contributed by atoms with Gasteiger partial charge in [-0.3, -0.25) is 4.57 Å². The maximum Gasteiger partial charge on any atom is 0.167 e. The van der Waals surface area contributed by atoms with Gasteiger partial charge in [-0.05, 0) is 12.1 Å². The molecule has 5 N–H and O–H groups in total. The molecule has 0 aliphatic carbocycles. The lowest BCUT2D eigenvalue weighted by molar-refractivity contribution is -0.0511. The smallest absolute Gasteiger partial charge is 0.167 e. The van der Waals surface area contributed by atoms with E-state index in [9.17, 15) is 15.3 Å². The van der Waals surface area contributed by atoms with E-state index in [-0.39, 0.29) is 0 Å². The molecular weight excluding hydrogens is 364 g/mol. The zero-order valence-corrected chi connectivity index (χ0v) is 15.0. The molecule has 3 aromatic rings. The Balaban J connectivity index is 1.46. The Kier molecular flexibility index (Phi) is 5.35. The maximum atomic E-state index is 10.2. The number of nitrogens with one attached hydrogen (secondary N) is 2. The summed E-state index contributed by atoms with van der Waals surface area (Å²) in [5.74, 6) is 0.561. The van der Waals surface area contributed by atoms with Gasteiger partial charge in [0.05, 0.1) is 12.9 Å². The SMILES string of the molecule is OCC1OC(n2cnc3c(NCCNc4ccccc4)ncnc32)C(O)C1O. The number of ether oxygens (including phenoxy) is 1. The first-order valence-electron chi connectivity index (χ1n) is 9.02. The molecule has 1 fully saturated rings. The quantitative estimate of drug-likeness (QED) is 0.354. The first-order chi connectivity index (χ1) is 13.7. The van der Waals surface area contributed by atoms with Gasteiger partial charge in [0, 0.05) is 18.8 Å². The molecule has 28 heavy (non-hydrogen) atoms. The lowest BCUT2D eigenvalue weighted by atomic mass is 10.1. The van der Waals surface area contributed by atoms with Gasteiger partial charge in [-0.2, -0.15) is 0 Å². The number of aromatic nitrogens is 4. The van der Waals surface area contributed by atoms with Crippen LogP contribution in [0, 0.1) is 0 Å². The molecule has 10 heteroatoms. The number of hydrogen-bond donors (Lipinski definition) is 5. The van der Waals surface area contributed by atoms with E-state index in [1.165, 1.54) is 17.2 Å². The largest absolute Gasteiger partial charge is 0.394 e. The number of hydrogen-bond acceptors (Lipinski definition) is 9. The normalized spacial score (nSPS) is 24.5. The fourth-order valence-electron chi connectivity index (χ4n) is 3.22. The van der Waals surface area contributed by atoms with E-state index in [0.29, 0.717) is 30.1 Å². The third-order valence-electron chi connectivity index (χ3n) is 4.67. The average molecular weight is 386 g/mol. The van der Waals surface area contributed by atoms with E-state index in [2.05, 4.69) is 25.6 Å². The van der Waals surface area contributed by atoms with Crippen LogP contribution in [0.3, 0.4) is 0 Å². The van der Waals surface area contributed by atoms with Crippen molar-refractivity contribution in [2.45, 2.75) is 24.5 Å². The molecule has 0 spiro atoms. The summed E-state index contributed by atoms with van der Waals surface area (Å²) in [6.07, 6.45) is -1.26. The summed E-state index contributed by atoms with van der Waals surface area (Å²) in [6.45, 7) is 0.907. The van der Waals surface area contributed by atoms with E-state index in [4.69, 9.17) is 4.74 Å². The molecular formula is C18H22N6O4. The molecule has 1 aromatic carbocycles. The molecule has 0 amide bonds. The van der Waals surface area contributed by atoms with Gasteiger partial charge in [0.25, 0.3) is 0 Å². The summed E-state index contributed by atoms with van der Waals surface area (Å²) in [7, 11) is 0. The van der Waals surface area contributed by atoms with Crippen LogP contribution in [0.5, 0.6) is 0 Å². The van der Waals surface area contributed by atoms with Crippen molar-refractivity contribution in [1.29, 1.82) is 0 Å². The topological polar surface area (TPSA) is 138 Å². The lowest BCUT2D eigenvalue weighted by Crippen LogP contribution is -2.33. The van der Waals surface area contributed by atoms with E-state index in [1.54, 1.807) is 0 Å². The third kappa shape index (κ3) is 3.50. The minimum atomic E-state index is -1.20. The van der Waals surface area contributed by atoms with E-state index < -0.39 is 31.1 Å². The molecule has 10 nitrogen and oxygen atoms in total. The van der Waals surface area contributed by atoms with Gasteiger partial charge in [0.1, 0.15) is 24.6 Å². The maximum absolute atomic E-state index is 10.2. The van der Waals surface area contributed by atoms with Crippen LogP contribution in [-0.2, 0) is 4.74 Å². The summed E-state index contributed by atoms with van der Waals surface area (Å²) in [5, 5.41) is 36.0. The Bertz CT molecular complexity index is 921. The van der Waals surface area contributed by atoms with Crippen molar-refractivity contribution in [2.75, 3.05) is 30.3 Å². The highest BCUT2D eigenvalue weighted by Gasteiger charge is 2.44. The number of aliphatic hydroxyl groups is 3. The Morgan fingerprint density at radius 2 is 1.79 bits per heavy atom. The van der Waals surface area contributed by atoms with Crippen LogP contribution in [-0.4, -0.2) is 72.8 Å². The zero-order valence-electron chi connectivity index (χ0n) is 15.0. The van der Waals surface area contributed by atoms with Gasteiger partial charge in [-0.1, -0.05) is 18.2 Å². The molecule has 1 aliphatic heterocycles. The van der Waals surface area contributed by atoms with Gasteiger partial charge in [0.15, 0.2) is 23.2 Å². The second kappa shape index (κ2) is 8.07. The standard InChI is InChI=1S/C18H22N6O4/c25-8-12-14(26)15(27)18(28-12)24-10-23-13-16(21-9-22-17(13)24)20-7-6-19-11-4-2-1-3-5-11/h1-5,9-10,12,14-15,18-19,25-27H,6-8H2,(H,20,21,22). The second-order valence-electron chi connectivity index (χ2n) is 6.49. The minimum absolute atomic E-state index is 0.391. The summed E-state index contributed by atoms with van der Waals surface area (Å²) >= 11 is 0. The van der Waals surface area contributed by atoms with Crippen LogP contribution in [0.15, 0.2) is 43.0 Å². The molecule has 0 saturated carbocycles. The fourth-order valence-corrected chi connectivity index (χ4v) is 3.22. The third-order valence-corrected chi connectivity index (χ3v) is 4.67. The molecule has 148 valence electrons. The van der Waals surface area contributed by atoms with E-state index in [0.717, 1.165) is 5.69 Å². The second-order valence-corrected chi connectivity index (χ2v) is 6.49. The number of benzene rings is 1. The van der Waals surface area contributed by atoms with Crippen molar-refractivity contribution < 1.29 is 20.1 Å². The van der Waals surface area contributed by atoms with E-state index >= 15 is 0 Å². The van der Waals surface area contributed by atoms with Gasteiger partial charge >= 0.3 is 0 Å². The van der Waals surface area contributed by atoms with Crippen LogP contribution in [0.25, 0.3) is 11.2 Å². The number of para-hydroxylation sites is 1. The first-order valence-corrected chi connectivity index (χ1v) is 9.02. The predicted molar refractivity (Wildman–Crippen MR) is 102 cm³/mol. The molecule has 3 heterocycles. The van der Waals surface area contributed by atoms with Crippen molar-refractivity contribution >= 4 is 22.7 Å². The molecule has 2 aromatic heterocycles. The minimum Gasteiger partial charge on any atom is -0.394 e. The number of aliphatic hydroxyl groups excluding tert-OH is 3. The number of imidazole rings is 1. The summed E-state index contributed by atoms with van der Waals surface area (Å²) in [5.41, 5.74) is 2.02. The van der Waals surface area contributed by atoms with Crippen LogP contribution in [0.2, 0.25) is 0 Å². The van der Waals surface area contributed by atoms with Gasteiger partial charge in [-0.15, -0.1) is 0 Å². The van der Waals surface area contributed by atoms with Crippen LogP contribution in [0.1, 0.15) is 6.23 Å². The Labute approximate surface area is 160 Å². The van der Waals surface area contributed by atoms with Gasteiger partial charge < -0.3 is 30.7 Å². The van der Waals surface area contributed by atoms with Crippen molar-refractivity contribution in [1.82, 2.24) is 19.5 Å². The van der Waals surface area contributed by atoms with Crippen LogP contribution in [0.4, 0.5) is 11.5 Å². The number of fused-ring (bicyclic) bond motifs is 1. The highest BCUT2D eigenvalue weighted by molar-refractivity contribution is 5.82. The summed E-state index contributed by atoms with van der Waals surface area (Å²) in [6, 6.07) is 9.88. The monoisotopic (exact) mass is 386 g/mol. The molecule has 1 saturated heterocycles. The van der Waals surface area contributed by atoms with Gasteiger partial charge in [0.2, 0.25) is 0 Å². The highest BCUT2D eigenvalue weighted by Crippen LogP contribution is 2.31. The summed E-state index contributed by atoms with van der Waals surface area (Å²) in [4.78, 5) is 12.8. The zero-order chi connectivity index (χ0) is 19.5. The van der Waals surface area contributed by atoms with Crippen molar-refractivity contribution in [3.63, 3.8) is 0 Å². The number of anilines is 2. The van der Waals surface area contributed by atoms with Crippen LogP contribution < -0.4 is 10.6 Å². The van der Waals surface area contributed by atoms with Crippen LogP contribution >= 0.6 is 0 Å². The Morgan fingerprint density at radius 3 is 2.54 bits per heavy atom. The molecule has 4 rings (SSSR count). The van der Waals surface area contributed by atoms with Crippen molar-refractivity contribution in [3.8, 4) is 0 Å². The summed E-state index contributed by atoms with van der Waals surface area (Å²) < 4.78 is 7.09. The highest BCUT2D eigenvalue weighted by atomic mass is 16.6. The van der Waals surface area contributed by atoms with Crippen molar-refractivity contribution in [3.05, 3.63) is 43.0 Å². The van der Waals surface area contributed by atoms with Gasteiger partial charge in [-0.25, -0.2) is 15.0 Å². The average Bonchev–Trinajstić information content (AvgIpc) is 3.28. The number of rotatable bonds is 7. The molecule has 4 atom stereocenters. The Morgan fingerprint density at radius 1 is 1.00 bits per heavy atom.